The van der Waals surface area contributed by atoms with E-state index in [-0.39, 0.29) is 30.2 Å². The van der Waals surface area contributed by atoms with E-state index in [0.717, 1.165) is 31.2 Å². The molecule has 0 aliphatic carbocycles. The molecule has 0 saturated carbocycles. The van der Waals surface area contributed by atoms with Gasteiger partial charge in [0.25, 0.3) is 5.91 Å². The van der Waals surface area contributed by atoms with Gasteiger partial charge >= 0.3 is 0 Å². The summed E-state index contributed by atoms with van der Waals surface area (Å²) >= 11 is 0. The van der Waals surface area contributed by atoms with Crippen molar-refractivity contribution in [3.05, 3.63) is 71.5 Å². The number of rotatable bonds is 13. The quantitative estimate of drug-likeness (QED) is 0.219. The molecule has 38 heavy (non-hydrogen) atoms. The van der Waals surface area contributed by atoms with Gasteiger partial charge in [0.2, 0.25) is 11.8 Å². The molecular formula is C30H39FN4O3. The molecule has 1 aliphatic rings. The molecule has 1 fully saturated rings. The van der Waals surface area contributed by atoms with Gasteiger partial charge in [-0.15, -0.1) is 0 Å². The van der Waals surface area contributed by atoms with E-state index < -0.39 is 5.82 Å². The maximum Gasteiger partial charge on any atom is 0.251 e. The van der Waals surface area contributed by atoms with Crippen molar-refractivity contribution < 1.29 is 18.8 Å². The lowest BCUT2D eigenvalue weighted by Gasteiger charge is -2.31. The number of amides is 3. The lowest BCUT2D eigenvalue weighted by atomic mass is 9.97. The Kier molecular flexibility index (Phi) is 11.9. The fraction of sp³-hybridized carbons (Fsp3) is 0.467. The number of hydrazone groups is 1. The maximum atomic E-state index is 13.2. The third kappa shape index (κ3) is 9.39. The van der Waals surface area contributed by atoms with E-state index in [4.69, 9.17) is 0 Å². The summed E-state index contributed by atoms with van der Waals surface area (Å²) in [6.45, 7) is 3.35. The van der Waals surface area contributed by atoms with Crippen molar-refractivity contribution >= 4 is 23.4 Å². The number of piperidine rings is 1. The predicted octanol–water partition coefficient (Wildman–Crippen LogP) is 5.07. The zero-order valence-corrected chi connectivity index (χ0v) is 22.3. The average Bonchev–Trinajstić information content (AvgIpc) is 2.95. The average molecular weight is 523 g/mol. The van der Waals surface area contributed by atoms with Crippen LogP contribution in [0.25, 0.3) is 0 Å². The zero-order valence-electron chi connectivity index (χ0n) is 22.3. The molecule has 1 aliphatic heterocycles. The molecular weight excluding hydrogens is 483 g/mol. The second-order valence-corrected chi connectivity index (χ2v) is 9.79. The molecule has 1 atom stereocenters. The molecule has 3 rings (SSSR count). The lowest BCUT2D eigenvalue weighted by molar-refractivity contribution is -0.135. The Morgan fingerprint density at radius 2 is 1.66 bits per heavy atom. The first kappa shape index (κ1) is 29.0. The van der Waals surface area contributed by atoms with E-state index in [1.54, 1.807) is 0 Å². The van der Waals surface area contributed by atoms with Gasteiger partial charge in [0, 0.05) is 25.1 Å². The zero-order chi connectivity index (χ0) is 27.2. The molecule has 3 amide bonds. The molecule has 2 N–H and O–H groups in total. The van der Waals surface area contributed by atoms with Crippen molar-refractivity contribution in [1.29, 1.82) is 0 Å². The second-order valence-electron chi connectivity index (χ2n) is 9.79. The molecule has 0 radical (unpaired) electrons. The minimum absolute atomic E-state index is 0.0774. The van der Waals surface area contributed by atoms with Crippen LogP contribution in [0, 0.1) is 11.7 Å². The van der Waals surface area contributed by atoms with Crippen LogP contribution in [-0.4, -0.2) is 48.0 Å². The van der Waals surface area contributed by atoms with E-state index in [0.29, 0.717) is 37.2 Å². The summed E-state index contributed by atoms with van der Waals surface area (Å²) in [4.78, 5) is 40.0. The largest absolute Gasteiger partial charge is 0.346 e. The maximum absolute atomic E-state index is 13.2. The summed E-state index contributed by atoms with van der Waals surface area (Å²) in [5.74, 6) is -1.23. The molecule has 2 aromatic carbocycles. The third-order valence-electron chi connectivity index (χ3n) is 6.82. The van der Waals surface area contributed by atoms with Gasteiger partial charge in [-0.2, -0.15) is 5.10 Å². The lowest BCUT2D eigenvalue weighted by Crippen LogP contribution is -2.45. The molecule has 2 aromatic rings. The number of hydrogen-bond acceptors (Lipinski definition) is 4. The first-order chi connectivity index (χ1) is 18.5. The topological polar surface area (TPSA) is 90.9 Å². The highest BCUT2D eigenvalue weighted by Crippen LogP contribution is 2.19. The molecule has 1 unspecified atom stereocenters. The number of unbranched alkanes of at least 4 members (excludes halogenated alkanes) is 5. The molecule has 8 heteroatoms. The molecule has 0 spiro atoms. The molecule has 1 heterocycles. The Hall–Kier alpha value is -3.55. The fourth-order valence-corrected chi connectivity index (χ4v) is 4.55. The van der Waals surface area contributed by atoms with Crippen molar-refractivity contribution in [3.63, 3.8) is 0 Å². The minimum Gasteiger partial charge on any atom is -0.346 e. The molecule has 0 aromatic heterocycles. The smallest absolute Gasteiger partial charge is 0.251 e. The summed E-state index contributed by atoms with van der Waals surface area (Å²) in [5, 5.41) is 7.12. The van der Waals surface area contributed by atoms with Gasteiger partial charge in [-0.05, 0) is 49.1 Å². The van der Waals surface area contributed by atoms with Crippen molar-refractivity contribution in [2.24, 2.45) is 11.0 Å². The molecule has 204 valence electrons. The van der Waals surface area contributed by atoms with Gasteiger partial charge in [0.05, 0.1) is 18.2 Å². The van der Waals surface area contributed by atoms with E-state index in [1.807, 2.05) is 35.2 Å². The number of halogens is 1. The first-order valence-electron chi connectivity index (χ1n) is 13.7. The fourth-order valence-electron chi connectivity index (χ4n) is 4.55. The highest BCUT2D eigenvalue weighted by molar-refractivity contribution is 6.05. The Morgan fingerprint density at radius 1 is 0.947 bits per heavy atom. The summed E-state index contributed by atoms with van der Waals surface area (Å²) in [5.41, 5.74) is 4.24. The van der Waals surface area contributed by atoms with Crippen molar-refractivity contribution in [1.82, 2.24) is 15.6 Å². The Balaban J connectivity index is 1.55. The van der Waals surface area contributed by atoms with Gasteiger partial charge in [-0.3, -0.25) is 14.4 Å². The number of nitrogens with one attached hydrogen (secondary N) is 2. The second kappa shape index (κ2) is 15.6. The van der Waals surface area contributed by atoms with E-state index >= 15 is 0 Å². The summed E-state index contributed by atoms with van der Waals surface area (Å²) in [6.07, 6.45) is 8.81. The monoisotopic (exact) mass is 522 g/mol. The van der Waals surface area contributed by atoms with Crippen LogP contribution in [0.4, 0.5) is 4.39 Å². The van der Waals surface area contributed by atoms with Crippen LogP contribution in [0.3, 0.4) is 0 Å². The number of carbonyl (C=O) groups is 3. The number of benzene rings is 2. The Morgan fingerprint density at radius 3 is 2.39 bits per heavy atom. The van der Waals surface area contributed by atoms with Crippen LogP contribution in [-0.2, 0) is 9.59 Å². The molecule has 0 bridgehead atoms. The van der Waals surface area contributed by atoms with Crippen LogP contribution >= 0.6 is 0 Å². The Labute approximate surface area is 224 Å². The van der Waals surface area contributed by atoms with E-state index in [2.05, 4.69) is 22.8 Å². The molecule has 1 saturated heterocycles. The van der Waals surface area contributed by atoms with Crippen LogP contribution in [0.1, 0.15) is 80.6 Å². The van der Waals surface area contributed by atoms with Crippen molar-refractivity contribution in [2.45, 2.75) is 64.7 Å². The van der Waals surface area contributed by atoms with E-state index in [1.165, 1.54) is 43.5 Å². The van der Waals surface area contributed by atoms with Crippen molar-refractivity contribution in [2.75, 3.05) is 19.6 Å². The third-order valence-corrected chi connectivity index (χ3v) is 6.82. The summed E-state index contributed by atoms with van der Waals surface area (Å²) < 4.78 is 13.2. The van der Waals surface area contributed by atoms with Gasteiger partial charge in [-0.1, -0.05) is 69.4 Å². The normalized spacial score (nSPS) is 15.7. The first-order valence-corrected chi connectivity index (χ1v) is 13.7. The summed E-state index contributed by atoms with van der Waals surface area (Å²) in [6, 6.07) is 14.5. The van der Waals surface area contributed by atoms with E-state index in [9.17, 15) is 18.8 Å². The number of nitrogens with zero attached hydrogens (tertiary/aromatic N) is 2. The Bertz CT molecular complexity index is 1070. The van der Waals surface area contributed by atoms with Crippen LogP contribution in [0.15, 0.2) is 59.7 Å². The number of likely N-dealkylation sites (tertiary alicyclic amines) is 1. The minimum atomic E-state index is -0.416. The predicted molar refractivity (Wildman–Crippen MR) is 147 cm³/mol. The van der Waals surface area contributed by atoms with Crippen LogP contribution in [0.2, 0.25) is 0 Å². The van der Waals surface area contributed by atoms with Gasteiger partial charge < -0.3 is 10.2 Å². The molecule has 7 nitrogen and oxygen atoms in total. The van der Waals surface area contributed by atoms with Gasteiger partial charge in [0.1, 0.15) is 5.82 Å². The summed E-state index contributed by atoms with van der Waals surface area (Å²) in [7, 11) is 0. The highest BCUT2D eigenvalue weighted by atomic mass is 19.1. The van der Waals surface area contributed by atoms with Crippen LogP contribution in [0.5, 0.6) is 0 Å². The standard InChI is InChI=1S/C30H39FN4O3/c1-2-3-4-5-6-10-15-28(36)35-20-11-14-25(22-35)30(38)34-33-27(23-12-8-7-9-13-23)21-32-29(37)24-16-18-26(31)19-17-24/h7-9,12-13,16-19,25H,2-6,10-11,14-15,20-22H2,1H3,(H,32,37)(H,34,38)/b33-27-. The van der Waals surface area contributed by atoms with Gasteiger partial charge in [0.15, 0.2) is 0 Å². The van der Waals surface area contributed by atoms with Gasteiger partial charge in [-0.25, -0.2) is 9.82 Å². The number of hydrogen-bond donors (Lipinski definition) is 2. The van der Waals surface area contributed by atoms with Crippen LogP contribution < -0.4 is 10.7 Å². The highest BCUT2D eigenvalue weighted by Gasteiger charge is 2.28. The van der Waals surface area contributed by atoms with Crippen molar-refractivity contribution in [3.8, 4) is 0 Å². The number of carbonyl (C=O) groups excluding carboxylic acids is 3. The SMILES string of the molecule is CCCCCCCCC(=O)N1CCCC(C(=O)N/N=C(/CNC(=O)c2ccc(F)cc2)c2ccccc2)C1.